The number of benzene rings is 5. The van der Waals surface area contributed by atoms with Crippen LogP contribution in [0.1, 0.15) is 32.6 Å². The van der Waals surface area contributed by atoms with Crippen molar-refractivity contribution < 1.29 is 33.4 Å². The van der Waals surface area contributed by atoms with Crippen molar-refractivity contribution >= 4 is 40.4 Å². The van der Waals surface area contributed by atoms with Crippen LogP contribution in [0.25, 0.3) is 11.1 Å². The number of hydrogen-bond donors (Lipinski definition) is 0. The summed E-state index contributed by atoms with van der Waals surface area (Å²) in [6.45, 7) is 0. The van der Waals surface area contributed by atoms with Crippen LogP contribution in [-0.4, -0.2) is 44.9 Å². The summed E-state index contributed by atoms with van der Waals surface area (Å²) in [5, 5.41) is 0. The lowest BCUT2D eigenvalue weighted by Gasteiger charge is -2.39. The fourth-order valence-corrected chi connectivity index (χ4v) is 8.78. The SMILES string of the molecule is COC(=O)c1cccc(N2C(=O)[C@H]3[C@H](C2=O)[C@]2(c4ccccc4)C(=O)[C@@]3(c3ccccc3)C(c3ccc(OC)cc3)=C2c2ccc(OC)cc2)c1. The summed E-state index contributed by atoms with van der Waals surface area (Å²) < 4.78 is 16.0. The van der Waals surface area contributed by atoms with E-state index in [4.69, 9.17) is 14.2 Å². The van der Waals surface area contributed by atoms with E-state index in [0.29, 0.717) is 33.8 Å². The molecule has 3 aliphatic rings. The number of ketones is 1. The van der Waals surface area contributed by atoms with Crippen molar-refractivity contribution in [3.8, 4) is 11.5 Å². The Labute approximate surface area is 294 Å². The fourth-order valence-electron chi connectivity index (χ4n) is 8.78. The van der Waals surface area contributed by atoms with Crippen LogP contribution < -0.4 is 14.4 Å². The maximum atomic E-state index is 16.1. The Kier molecular flexibility index (Phi) is 7.49. The van der Waals surface area contributed by atoms with Crippen molar-refractivity contribution in [1.82, 2.24) is 0 Å². The van der Waals surface area contributed by atoms with Gasteiger partial charge in [0.25, 0.3) is 0 Å². The van der Waals surface area contributed by atoms with Gasteiger partial charge in [-0.25, -0.2) is 9.69 Å². The molecule has 5 aromatic rings. The molecular formula is C43H33NO7. The number of methoxy groups -OCH3 is 3. The minimum Gasteiger partial charge on any atom is -0.497 e. The van der Waals surface area contributed by atoms with E-state index >= 15 is 14.4 Å². The molecule has 0 spiro atoms. The Hall–Kier alpha value is -6.28. The lowest BCUT2D eigenvalue weighted by molar-refractivity contribution is -0.130. The van der Waals surface area contributed by atoms with E-state index in [1.165, 1.54) is 13.2 Å². The molecule has 0 unspecified atom stereocenters. The van der Waals surface area contributed by atoms with Crippen LogP contribution in [0.3, 0.4) is 0 Å². The largest absolute Gasteiger partial charge is 0.497 e. The third kappa shape index (κ3) is 4.26. The van der Waals surface area contributed by atoms with Gasteiger partial charge in [0.2, 0.25) is 11.8 Å². The molecule has 1 aliphatic heterocycles. The quantitative estimate of drug-likeness (QED) is 0.134. The number of nitrogens with zero attached hydrogens (tertiary/aromatic N) is 1. The number of Topliss-reactive ketones (excluding diaryl/α,β-unsaturated/α-hetero) is 1. The third-order valence-electron chi connectivity index (χ3n) is 10.7. The first-order valence-electron chi connectivity index (χ1n) is 16.6. The number of allylic oxidation sites excluding steroid dienone is 2. The van der Waals surface area contributed by atoms with Gasteiger partial charge in [-0.2, -0.15) is 0 Å². The Bertz CT molecular complexity index is 2120. The molecule has 2 fully saturated rings. The molecule has 8 nitrogen and oxygen atoms in total. The first-order valence-corrected chi connectivity index (χ1v) is 16.6. The number of rotatable bonds is 8. The maximum absolute atomic E-state index is 16.1. The number of ether oxygens (including phenoxy) is 3. The molecule has 1 heterocycles. The highest BCUT2D eigenvalue weighted by atomic mass is 16.5. The summed E-state index contributed by atoms with van der Waals surface area (Å²) in [6, 6.07) is 39.9. The van der Waals surface area contributed by atoms with Crippen LogP contribution in [0.15, 0.2) is 133 Å². The van der Waals surface area contributed by atoms with E-state index in [-0.39, 0.29) is 17.0 Å². The Morgan fingerprint density at radius 3 is 1.43 bits per heavy atom. The molecule has 2 aliphatic carbocycles. The highest BCUT2D eigenvalue weighted by molar-refractivity contribution is 6.39. The predicted molar refractivity (Wildman–Crippen MR) is 191 cm³/mol. The second kappa shape index (κ2) is 11.9. The van der Waals surface area contributed by atoms with Crippen molar-refractivity contribution in [3.05, 3.63) is 161 Å². The number of esters is 1. The van der Waals surface area contributed by atoms with Gasteiger partial charge in [-0.05, 0) is 75.9 Å². The molecular weight excluding hydrogens is 642 g/mol. The number of hydrogen-bond acceptors (Lipinski definition) is 7. The molecule has 8 rings (SSSR count). The van der Waals surface area contributed by atoms with Crippen molar-refractivity contribution in [2.45, 2.75) is 10.8 Å². The number of imide groups is 1. The van der Waals surface area contributed by atoms with E-state index < -0.39 is 40.4 Å². The Morgan fingerprint density at radius 1 is 0.569 bits per heavy atom. The molecule has 0 aromatic heterocycles. The van der Waals surface area contributed by atoms with Crippen LogP contribution in [0, 0.1) is 11.8 Å². The molecule has 2 bridgehead atoms. The van der Waals surface area contributed by atoms with Gasteiger partial charge in [0.05, 0.1) is 55.2 Å². The number of carbonyl (C=O) groups is 4. The molecule has 4 atom stereocenters. The fraction of sp³-hybridized carbons (Fsp3) is 0.163. The average Bonchev–Trinajstić information content (AvgIpc) is 3.70. The number of amides is 2. The molecule has 2 amide bonds. The molecule has 8 heteroatoms. The van der Waals surface area contributed by atoms with Gasteiger partial charge in [-0.3, -0.25) is 14.4 Å². The summed E-state index contributed by atoms with van der Waals surface area (Å²) in [4.78, 5) is 60.3. The van der Waals surface area contributed by atoms with Crippen molar-refractivity contribution in [2.75, 3.05) is 26.2 Å². The Balaban J connectivity index is 1.51. The average molecular weight is 676 g/mol. The summed E-state index contributed by atoms with van der Waals surface area (Å²) in [7, 11) is 4.45. The van der Waals surface area contributed by atoms with Crippen molar-refractivity contribution in [3.63, 3.8) is 0 Å². The van der Waals surface area contributed by atoms with E-state index in [1.54, 1.807) is 32.4 Å². The van der Waals surface area contributed by atoms with Crippen LogP contribution in [0.2, 0.25) is 0 Å². The van der Waals surface area contributed by atoms with Gasteiger partial charge < -0.3 is 14.2 Å². The van der Waals surface area contributed by atoms with Crippen LogP contribution in [-0.2, 0) is 30.0 Å². The highest BCUT2D eigenvalue weighted by Crippen LogP contribution is 2.74. The van der Waals surface area contributed by atoms with Gasteiger partial charge in [0.15, 0.2) is 5.78 Å². The van der Waals surface area contributed by atoms with Crippen molar-refractivity contribution in [1.29, 1.82) is 0 Å². The standard InChI is InChI=1S/C43H33NO7/c1-49-32-21-17-26(18-22-32)34-35(27-19-23-33(50-2)24-20-27)43(30-14-8-5-9-15-30)37-36(42(34,41(43)48)29-12-6-4-7-13-29)38(45)44(39(37)46)31-16-10-11-28(25-31)40(47)51-3/h4-25,36-37H,1-3H3/t36-,37-,42-,43+/m1/s1. The predicted octanol–water partition coefficient (Wildman–Crippen LogP) is 6.68. The molecule has 1 saturated carbocycles. The zero-order chi connectivity index (χ0) is 35.5. The smallest absolute Gasteiger partial charge is 0.337 e. The van der Waals surface area contributed by atoms with Crippen LogP contribution in [0.4, 0.5) is 5.69 Å². The lowest BCUT2D eigenvalue weighted by Crippen LogP contribution is -2.45. The molecule has 1 saturated heterocycles. The van der Waals surface area contributed by atoms with Gasteiger partial charge in [0.1, 0.15) is 11.5 Å². The van der Waals surface area contributed by atoms with E-state index in [9.17, 15) is 4.79 Å². The summed E-state index contributed by atoms with van der Waals surface area (Å²) in [5.41, 5.74) is 1.26. The third-order valence-corrected chi connectivity index (χ3v) is 10.7. The molecule has 51 heavy (non-hydrogen) atoms. The number of anilines is 1. The van der Waals surface area contributed by atoms with Gasteiger partial charge in [-0.1, -0.05) is 91.0 Å². The van der Waals surface area contributed by atoms with E-state index in [0.717, 1.165) is 16.0 Å². The molecule has 0 radical (unpaired) electrons. The molecule has 252 valence electrons. The number of carbonyl (C=O) groups excluding carboxylic acids is 4. The lowest BCUT2D eigenvalue weighted by atomic mass is 9.59. The zero-order valence-electron chi connectivity index (χ0n) is 28.2. The summed E-state index contributed by atoms with van der Waals surface area (Å²) >= 11 is 0. The minimum atomic E-state index is -1.58. The second-order valence-electron chi connectivity index (χ2n) is 12.9. The molecule has 5 aromatic carbocycles. The first-order chi connectivity index (χ1) is 24.8. The first kappa shape index (κ1) is 32.0. The monoisotopic (exact) mass is 675 g/mol. The summed E-state index contributed by atoms with van der Waals surface area (Å²) in [5.74, 6) is -2.81. The van der Waals surface area contributed by atoms with E-state index in [1.807, 2.05) is 109 Å². The maximum Gasteiger partial charge on any atom is 0.337 e. The van der Waals surface area contributed by atoms with Crippen LogP contribution in [0.5, 0.6) is 11.5 Å². The topological polar surface area (TPSA) is 99.2 Å². The summed E-state index contributed by atoms with van der Waals surface area (Å²) in [6.07, 6.45) is 0. The number of fused-ring (bicyclic) bond motifs is 5. The van der Waals surface area contributed by atoms with Gasteiger partial charge >= 0.3 is 5.97 Å². The Morgan fingerprint density at radius 2 is 1.02 bits per heavy atom. The minimum absolute atomic E-state index is 0.193. The van der Waals surface area contributed by atoms with Gasteiger partial charge in [-0.15, -0.1) is 0 Å². The molecule has 0 N–H and O–H groups in total. The van der Waals surface area contributed by atoms with Gasteiger partial charge in [0, 0.05) is 0 Å². The van der Waals surface area contributed by atoms with Crippen molar-refractivity contribution in [2.24, 2.45) is 11.8 Å². The van der Waals surface area contributed by atoms with E-state index in [2.05, 4.69) is 0 Å². The normalized spacial score (nSPS) is 23.4. The van der Waals surface area contributed by atoms with Crippen LogP contribution >= 0.6 is 0 Å². The zero-order valence-corrected chi connectivity index (χ0v) is 28.2. The highest BCUT2D eigenvalue weighted by Gasteiger charge is 2.82. The second-order valence-corrected chi connectivity index (χ2v) is 12.9.